The van der Waals surface area contributed by atoms with Crippen LogP contribution in [0.4, 0.5) is 0 Å². The van der Waals surface area contributed by atoms with E-state index in [0.29, 0.717) is 28.3 Å². The molecule has 0 saturated carbocycles. The van der Waals surface area contributed by atoms with Crippen LogP contribution in [0, 0.1) is 13.8 Å². The standard InChI is InChI=1S/C14H17N3O4/c1-7(2)12-11(8(3)17-21-12)14(19)16-15-13(18)10-5-6-20-9(10)4/h5-7H,1-4H3,(H,15,18)(H,16,19). The number of carbonyl (C=O) groups is 2. The zero-order valence-electron chi connectivity index (χ0n) is 12.3. The van der Waals surface area contributed by atoms with Crippen molar-refractivity contribution in [1.29, 1.82) is 0 Å². The van der Waals surface area contributed by atoms with Crippen LogP contribution in [0.5, 0.6) is 0 Å². The third-order valence-electron chi connectivity index (χ3n) is 3.03. The minimum atomic E-state index is -0.466. The Labute approximate surface area is 121 Å². The Morgan fingerprint density at radius 3 is 2.43 bits per heavy atom. The van der Waals surface area contributed by atoms with Gasteiger partial charge < -0.3 is 8.94 Å². The summed E-state index contributed by atoms with van der Waals surface area (Å²) in [5.41, 5.74) is 5.88. The van der Waals surface area contributed by atoms with Gasteiger partial charge in [0.1, 0.15) is 11.3 Å². The van der Waals surface area contributed by atoms with E-state index in [1.807, 2.05) is 13.8 Å². The summed E-state index contributed by atoms with van der Waals surface area (Å²) in [6.07, 6.45) is 1.41. The van der Waals surface area contributed by atoms with Crippen LogP contribution >= 0.6 is 0 Å². The smallest absolute Gasteiger partial charge is 0.275 e. The highest BCUT2D eigenvalue weighted by Crippen LogP contribution is 2.21. The van der Waals surface area contributed by atoms with Crippen LogP contribution in [0.3, 0.4) is 0 Å². The van der Waals surface area contributed by atoms with Gasteiger partial charge >= 0.3 is 0 Å². The molecule has 2 N–H and O–H groups in total. The van der Waals surface area contributed by atoms with E-state index >= 15 is 0 Å². The Kier molecular flexibility index (Phi) is 4.11. The van der Waals surface area contributed by atoms with Gasteiger partial charge in [0.15, 0.2) is 5.76 Å². The third-order valence-corrected chi connectivity index (χ3v) is 3.03. The molecule has 0 bridgehead atoms. The molecule has 0 fully saturated rings. The topological polar surface area (TPSA) is 97.4 Å². The summed E-state index contributed by atoms with van der Waals surface area (Å²) >= 11 is 0. The third kappa shape index (κ3) is 2.96. The number of nitrogens with zero attached hydrogens (tertiary/aromatic N) is 1. The zero-order valence-corrected chi connectivity index (χ0v) is 12.3. The SMILES string of the molecule is Cc1noc(C(C)C)c1C(=O)NNC(=O)c1ccoc1C. The first kappa shape index (κ1) is 14.8. The number of hydrogen-bond acceptors (Lipinski definition) is 5. The van der Waals surface area contributed by atoms with Crippen LogP contribution in [-0.4, -0.2) is 17.0 Å². The summed E-state index contributed by atoms with van der Waals surface area (Å²) in [4.78, 5) is 24.0. The van der Waals surface area contributed by atoms with E-state index in [9.17, 15) is 9.59 Å². The summed E-state index contributed by atoms with van der Waals surface area (Å²) in [5.74, 6) is 0.0602. The first-order chi connectivity index (χ1) is 9.91. The summed E-state index contributed by atoms with van der Waals surface area (Å²) in [5, 5.41) is 3.79. The molecule has 0 radical (unpaired) electrons. The van der Waals surface area contributed by atoms with E-state index < -0.39 is 11.8 Å². The van der Waals surface area contributed by atoms with Gasteiger partial charge in [-0.3, -0.25) is 20.4 Å². The van der Waals surface area contributed by atoms with Gasteiger partial charge in [0.2, 0.25) is 0 Å². The molecule has 0 spiro atoms. The van der Waals surface area contributed by atoms with Gasteiger partial charge in [-0.25, -0.2) is 0 Å². The Hall–Kier alpha value is -2.57. The average Bonchev–Trinajstić information content (AvgIpc) is 3.01. The van der Waals surface area contributed by atoms with Crippen molar-refractivity contribution in [3.8, 4) is 0 Å². The van der Waals surface area contributed by atoms with Gasteiger partial charge in [0.05, 0.1) is 17.5 Å². The number of carbonyl (C=O) groups excluding carboxylic acids is 2. The lowest BCUT2D eigenvalue weighted by Gasteiger charge is -2.08. The van der Waals surface area contributed by atoms with Gasteiger partial charge in [-0.1, -0.05) is 19.0 Å². The Morgan fingerprint density at radius 2 is 1.86 bits per heavy atom. The van der Waals surface area contributed by atoms with Crippen LogP contribution in [0.25, 0.3) is 0 Å². The zero-order chi connectivity index (χ0) is 15.6. The molecule has 0 atom stereocenters. The predicted molar refractivity (Wildman–Crippen MR) is 73.7 cm³/mol. The van der Waals surface area contributed by atoms with Crippen molar-refractivity contribution < 1.29 is 18.5 Å². The minimum absolute atomic E-state index is 0.0127. The number of aryl methyl sites for hydroxylation is 2. The molecule has 112 valence electrons. The number of hydrazine groups is 1. The molecule has 0 aliphatic heterocycles. The van der Waals surface area contributed by atoms with E-state index in [2.05, 4.69) is 16.0 Å². The summed E-state index contributed by atoms with van der Waals surface area (Å²) in [6.45, 7) is 7.12. The lowest BCUT2D eigenvalue weighted by Crippen LogP contribution is -2.42. The van der Waals surface area contributed by atoms with Crippen molar-refractivity contribution in [3.05, 3.63) is 40.7 Å². The number of amides is 2. The van der Waals surface area contributed by atoms with Crippen molar-refractivity contribution in [2.45, 2.75) is 33.6 Å². The lowest BCUT2D eigenvalue weighted by molar-refractivity contribution is 0.0844. The van der Waals surface area contributed by atoms with Crippen LogP contribution in [0.15, 0.2) is 21.3 Å². The molecule has 0 unspecified atom stereocenters. The maximum absolute atomic E-state index is 12.2. The van der Waals surface area contributed by atoms with Crippen molar-refractivity contribution in [2.24, 2.45) is 0 Å². The molecule has 21 heavy (non-hydrogen) atoms. The molecular formula is C14H17N3O4. The van der Waals surface area contributed by atoms with Gasteiger partial charge in [-0.15, -0.1) is 0 Å². The Balaban J connectivity index is 2.08. The second-order valence-electron chi connectivity index (χ2n) is 4.96. The van der Waals surface area contributed by atoms with Gasteiger partial charge in [0, 0.05) is 5.92 Å². The molecule has 0 aliphatic rings. The molecule has 2 heterocycles. The molecule has 2 aromatic rings. The van der Waals surface area contributed by atoms with Crippen molar-refractivity contribution in [3.63, 3.8) is 0 Å². The highest BCUT2D eigenvalue weighted by atomic mass is 16.5. The summed E-state index contributed by atoms with van der Waals surface area (Å²) in [6, 6.07) is 1.53. The van der Waals surface area contributed by atoms with Crippen LogP contribution in [0.2, 0.25) is 0 Å². The second kappa shape index (κ2) is 5.82. The molecule has 0 aromatic carbocycles. The predicted octanol–water partition coefficient (Wildman–Crippen LogP) is 2.08. The van der Waals surface area contributed by atoms with Crippen molar-refractivity contribution in [2.75, 3.05) is 0 Å². The monoisotopic (exact) mass is 291 g/mol. The number of hydrogen-bond donors (Lipinski definition) is 2. The molecule has 7 heteroatoms. The number of nitrogens with one attached hydrogen (secondary N) is 2. The van der Waals surface area contributed by atoms with Gasteiger partial charge in [0.25, 0.3) is 11.8 Å². The molecule has 7 nitrogen and oxygen atoms in total. The highest BCUT2D eigenvalue weighted by Gasteiger charge is 2.23. The fourth-order valence-electron chi connectivity index (χ4n) is 1.92. The number of rotatable bonds is 3. The summed E-state index contributed by atoms with van der Waals surface area (Å²) < 4.78 is 10.2. The van der Waals surface area contributed by atoms with E-state index in [1.165, 1.54) is 12.3 Å². The first-order valence-electron chi connectivity index (χ1n) is 6.52. The highest BCUT2D eigenvalue weighted by molar-refractivity contribution is 6.00. The van der Waals surface area contributed by atoms with E-state index in [1.54, 1.807) is 13.8 Å². The maximum Gasteiger partial charge on any atom is 0.275 e. The van der Waals surface area contributed by atoms with Crippen LogP contribution < -0.4 is 10.9 Å². The Bertz CT molecular complexity index is 670. The van der Waals surface area contributed by atoms with E-state index in [-0.39, 0.29) is 5.92 Å². The van der Waals surface area contributed by atoms with Crippen molar-refractivity contribution >= 4 is 11.8 Å². The molecule has 2 rings (SSSR count). The fraction of sp³-hybridized carbons (Fsp3) is 0.357. The molecule has 0 saturated heterocycles. The summed E-state index contributed by atoms with van der Waals surface area (Å²) in [7, 11) is 0. The normalized spacial score (nSPS) is 10.7. The molecule has 2 aromatic heterocycles. The van der Waals surface area contributed by atoms with Gasteiger partial charge in [-0.2, -0.15) is 0 Å². The molecular weight excluding hydrogens is 274 g/mol. The minimum Gasteiger partial charge on any atom is -0.469 e. The van der Waals surface area contributed by atoms with Crippen LogP contribution in [0.1, 0.15) is 57.7 Å². The van der Waals surface area contributed by atoms with Gasteiger partial charge in [-0.05, 0) is 19.9 Å². The second-order valence-corrected chi connectivity index (χ2v) is 4.96. The maximum atomic E-state index is 12.2. The molecule has 0 aliphatic carbocycles. The number of furan rings is 1. The van der Waals surface area contributed by atoms with Crippen molar-refractivity contribution in [1.82, 2.24) is 16.0 Å². The molecule has 2 amide bonds. The van der Waals surface area contributed by atoms with E-state index in [4.69, 9.17) is 8.94 Å². The quantitative estimate of drug-likeness (QED) is 0.844. The fourth-order valence-corrected chi connectivity index (χ4v) is 1.92. The largest absolute Gasteiger partial charge is 0.469 e. The van der Waals surface area contributed by atoms with Crippen LogP contribution in [-0.2, 0) is 0 Å². The Morgan fingerprint density at radius 1 is 1.19 bits per heavy atom. The average molecular weight is 291 g/mol. The first-order valence-corrected chi connectivity index (χ1v) is 6.52. The number of aromatic nitrogens is 1. The van der Waals surface area contributed by atoms with E-state index in [0.717, 1.165) is 0 Å². The lowest BCUT2D eigenvalue weighted by atomic mass is 10.0.